The van der Waals surface area contributed by atoms with Gasteiger partial charge in [-0.3, -0.25) is 9.59 Å². The van der Waals surface area contributed by atoms with E-state index in [9.17, 15) is 14.7 Å². The van der Waals surface area contributed by atoms with Gasteiger partial charge < -0.3 is 14.9 Å². The molecule has 5 heteroatoms. The topological polar surface area (TPSA) is 60.9 Å². The summed E-state index contributed by atoms with van der Waals surface area (Å²) in [5.41, 5.74) is 0.683. The summed E-state index contributed by atoms with van der Waals surface area (Å²) in [6.45, 7) is 3.04. The van der Waals surface area contributed by atoms with Crippen LogP contribution in [0.1, 0.15) is 17.9 Å². The lowest BCUT2D eigenvalue weighted by Crippen LogP contribution is -2.47. The Kier molecular flexibility index (Phi) is 4.74. The largest absolute Gasteiger partial charge is 0.481 e. The van der Waals surface area contributed by atoms with E-state index in [0.29, 0.717) is 18.7 Å². The van der Waals surface area contributed by atoms with E-state index in [1.54, 1.807) is 29.2 Å². The van der Waals surface area contributed by atoms with Gasteiger partial charge in [-0.2, -0.15) is 0 Å². The van der Waals surface area contributed by atoms with Crippen LogP contribution in [0.2, 0.25) is 0 Å². The number of hydrogen-bond acceptors (Lipinski definition) is 3. The smallest absolute Gasteiger partial charge is 0.311 e. The Bertz CT molecular complexity index is 467. The fraction of sp³-hybridized carbons (Fsp3) is 0.467. The zero-order valence-electron chi connectivity index (χ0n) is 11.7. The maximum Gasteiger partial charge on any atom is 0.311 e. The average molecular weight is 276 g/mol. The minimum absolute atomic E-state index is 0.0308. The van der Waals surface area contributed by atoms with Crippen molar-refractivity contribution in [3.63, 3.8) is 0 Å². The van der Waals surface area contributed by atoms with E-state index in [-0.39, 0.29) is 12.3 Å². The Balaban J connectivity index is 2.02. The van der Waals surface area contributed by atoms with Crippen molar-refractivity contribution in [2.24, 2.45) is 0 Å². The normalized spacial score (nSPS) is 17.8. The fourth-order valence-corrected chi connectivity index (χ4v) is 2.39. The summed E-state index contributed by atoms with van der Waals surface area (Å²) in [5.74, 6) is -1.78. The van der Waals surface area contributed by atoms with E-state index < -0.39 is 11.9 Å². The van der Waals surface area contributed by atoms with E-state index >= 15 is 0 Å². The highest BCUT2D eigenvalue weighted by Gasteiger charge is 2.27. The van der Waals surface area contributed by atoms with Crippen molar-refractivity contribution in [2.45, 2.75) is 12.3 Å². The number of likely N-dealkylation sites (N-methyl/N-ethyl adjacent to an activating group) is 1. The molecule has 1 aliphatic heterocycles. The number of hydrogen-bond donors (Lipinski definition) is 1. The summed E-state index contributed by atoms with van der Waals surface area (Å²) in [6.07, 6.45) is 0.0308. The molecule has 1 amide bonds. The molecule has 1 atom stereocenters. The Morgan fingerprint density at radius 3 is 2.30 bits per heavy atom. The van der Waals surface area contributed by atoms with Crippen LogP contribution < -0.4 is 0 Å². The van der Waals surface area contributed by atoms with Crippen LogP contribution in [-0.4, -0.2) is 60.0 Å². The molecular formula is C15H20N2O3. The molecule has 1 unspecified atom stereocenters. The fourth-order valence-electron chi connectivity index (χ4n) is 2.39. The minimum Gasteiger partial charge on any atom is -0.481 e. The van der Waals surface area contributed by atoms with Gasteiger partial charge >= 0.3 is 5.97 Å². The van der Waals surface area contributed by atoms with Crippen molar-refractivity contribution in [2.75, 3.05) is 33.2 Å². The van der Waals surface area contributed by atoms with Gasteiger partial charge in [0.1, 0.15) is 0 Å². The number of nitrogens with zero attached hydrogens (tertiary/aromatic N) is 2. The number of amides is 1. The van der Waals surface area contributed by atoms with Crippen LogP contribution in [0, 0.1) is 0 Å². The Labute approximate surface area is 118 Å². The molecule has 0 spiro atoms. The van der Waals surface area contributed by atoms with Crippen molar-refractivity contribution in [3.8, 4) is 0 Å². The van der Waals surface area contributed by atoms with E-state index in [1.807, 2.05) is 13.1 Å². The third-order valence-electron chi connectivity index (χ3n) is 3.73. The lowest BCUT2D eigenvalue weighted by Gasteiger charge is -2.33. The molecule has 5 nitrogen and oxygen atoms in total. The molecule has 1 fully saturated rings. The molecule has 108 valence electrons. The number of carboxylic acid groups (broad SMARTS) is 1. The van der Waals surface area contributed by atoms with E-state index in [2.05, 4.69) is 4.90 Å². The Morgan fingerprint density at radius 1 is 1.15 bits per heavy atom. The quantitative estimate of drug-likeness (QED) is 0.892. The van der Waals surface area contributed by atoms with Crippen LogP contribution in [0.5, 0.6) is 0 Å². The van der Waals surface area contributed by atoms with Gasteiger partial charge in [0.05, 0.1) is 5.92 Å². The van der Waals surface area contributed by atoms with Gasteiger partial charge in [-0.1, -0.05) is 30.3 Å². The van der Waals surface area contributed by atoms with Gasteiger partial charge in [0.25, 0.3) is 0 Å². The molecule has 1 N–H and O–H groups in total. The van der Waals surface area contributed by atoms with Crippen LogP contribution in [0.15, 0.2) is 30.3 Å². The predicted molar refractivity (Wildman–Crippen MR) is 75.5 cm³/mol. The highest BCUT2D eigenvalue weighted by molar-refractivity contribution is 5.85. The molecule has 0 bridgehead atoms. The molecule has 0 radical (unpaired) electrons. The van der Waals surface area contributed by atoms with Crippen LogP contribution in [0.25, 0.3) is 0 Å². The first-order valence-corrected chi connectivity index (χ1v) is 6.82. The van der Waals surface area contributed by atoms with Crippen LogP contribution in [0.4, 0.5) is 0 Å². The van der Waals surface area contributed by atoms with Crippen LogP contribution >= 0.6 is 0 Å². The molecule has 1 heterocycles. The first kappa shape index (κ1) is 14.5. The van der Waals surface area contributed by atoms with Gasteiger partial charge in [0, 0.05) is 32.6 Å². The second-order valence-corrected chi connectivity index (χ2v) is 5.19. The number of piperazine rings is 1. The predicted octanol–water partition coefficient (Wildman–Crippen LogP) is 1.02. The first-order valence-electron chi connectivity index (χ1n) is 6.82. The number of rotatable bonds is 4. The standard InChI is InChI=1S/C15H20N2O3/c1-16-7-9-17(10-8-16)14(18)11-13(15(19)20)12-5-3-2-4-6-12/h2-6,13H,7-11H2,1H3,(H,19,20). The molecule has 2 rings (SSSR count). The summed E-state index contributed by atoms with van der Waals surface area (Å²) in [7, 11) is 2.02. The lowest BCUT2D eigenvalue weighted by atomic mass is 9.95. The molecule has 1 saturated heterocycles. The maximum absolute atomic E-state index is 12.2. The van der Waals surface area contributed by atoms with Crippen molar-refractivity contribution in [3.05, 3.63) is 35.9 Å². The van der Waals surface area contributed by atoms with Gasteiger partial charge in [-0.15, -0.1) is 0 Å². The summed E-state index contributed by atoms with van der Waals surface area (Å²) in [6, 6.07) is 8.95. The molecule has 1 aromatic rings. The second kappa shape index (κ2) is 6.52. The van der Waals surface area contributed by atoms with Crippen molar-refractivity contribution >= 4 is 11.9 Å². The molecular weight excluding hydrogens is 256 g/mol. The second-order valence-electron chi connectivity index (χ2n) is 5.19. The molecule has 1 aromatic carbocycles. The molecule has 0 saturated carbocycles. The summed E-state index contributed by atoms with van der Waals surface area (Å²) in [4.78, 5) is 27.6. The molecule has 0 aromatic heterocycles. The zero-order valence-corrected chi connectivity index (χ0v) is 11.7. The van der Waals surface area contributed by atoms with Gasteiger partial charge in [-0.25, -0.2) is 0 Å². The van der Waals surface area contributed by atoms with Crippen LogP contribution in [0.3, 0.4) is 0 Å². The van der Waals surface area contributed by atoms with Gasteiger partial charge in [-0.05, 0) is 12.6 Å². The average Bonchev–Trinajstić information content (AvgIpc) is 2.46. The summed E-state index contributed by atoms with van der Waals surface area (Å²) >= 11 is 0. The number of carbonyl (C=O) groups excluding carboxylic acids is 1. The van der Waals surface area contributed by atoms with E-state index in [1.165, 1.54) is 0 Å². The third kappa shape index (κ3) is 3.57. The summed E-state index contributed by atoms with van der Waals surface area (Å²) < 4.78 is 0. The van der Waals surface area contributed by atoms with E-state index in [0.717, 1.165) is 13.1 Å². The Hall–Kier alpha value is -1.88. The van der Waals surface area contributed by atoms with Gasteiger partial charge in [0.2, 0.25) is 5.91 Å². The maximum atomic E-state index is 12.2. The van der Waals surface area contributed by atoms with E-state index in [4.69, 9.17) is 0 Å². The lowest BCUT2D eigenvalue weighted by molar-refractivity contribution is -0.143. The highest BCUT2D eigenvalue weighted by Crippen LogP contribution is 2.21. The van der Waals surface area contributed by atoms with Gasteiger partial charge in [0.15, 0.2) is 0 Å². The SMILES string of the molecule is CN1CCN(C(=O)CC(C(=O)O)c2ccccc2)CC1. The Morgan fingerprint density at radius 2 is 1.75 bits per heavy atom. The first-order chi connectivity index (χ1) is 9.58. The van der Waals surface area contributed by atoms with Crippen molar-refractivity contribution < 1.29 is 14.7 Å². The molecule has 0 aliphatic carbocycles. The van der Waals surface area contributed by atoms with Crippen molar-refractivity contribution in [1.82, 2.24) is 9.80 Å². The highest BCUT2D eigenvalue weighted by atomic mass is 16.4. The molecule has 20 heavy (non-hydrogen) atoms. The number of aliphatic carboxylic acids is 1. The molecule has 1 aliphatic rings. The third-order valence-corrected chi connectivity index (χ3v) is 3.73. The van der Waals surface area contributed by atoms with Crippen LogP contribution in [-0.2, 0) is 9.59 Å². The summed E-state index contributed by atoms with van der Waals surface area (Å²) in [5, 5.41) is 9.34. The number of benzene rings is 1. The van der Waals surface area contributed by atoms with Crippen molar-refractivity contribution in [1.29, 1.82) is 0 Å². The monoisotopic (exact) mass is 276 g/mol. The number of carbonyl (C=O) groups is 2. The minimum atomic E-state index is -0.946. The number of carboxylic acids is 1. The zero-order chi connectivity index (χ0) is 14.5.